The summed E-state index contributed by atoms with van der Waals surface area (Å²) >= 11 is 0. The molecule has 0 aromatic heterocycles. The van der Waals surface area contributed by atoms with Crippen LogP contribution < -0.4 is 0 Å². The lowest BCUT2D eigenvalue weighted by Crippen LogP contribution is -2.48. The predicted molar refractivity (Wildman–Crippen MR) is 58.9 cm³/mol. The number of nitrogens with zero attached hydrogens (tertiary/aromatic N) is 1. The molecule has 1 aliphatic heterocycles. The first-order chi connectivity index (χ1) is 6.20. The average molecular weight is 181 g/mol. The summed E-state index contributed by atoms with van der Waals surface area (Å²) in [5.74, 6) is 0. The zero-order chi connectivity index (χ0) is 9.84. The van der Waals surface area contributed by atoms with Crippen LogP contribution in [0.2, 0.25) is 0 Å². The zero-order valence-electron chi connectivity index (χ0n) is 9.29. The molecule has 0 radical (unpaired) electrons. The lowest BCUT2D eigenvalue weighted by Gasteiger charge is -2.43. The molecule has 0 aliphatic carbocycles. The van der Waals surface area contributed by atoms with Crippen LogP contribution in [-0.2, 0) is 0 Å². The van der Waals surface area contributed by atoms with Crippen molar-refractivity contribution in [3.05, 3.63) is 12.7 Å². The molecule has 0 N–H and O–H groups in total. The van der Waals surface area contributed by atoms with Crippen molar-refractivity contribution >= 4 is 0 Å². The van der Waals surface area contributed by atoms with Gasteiger partial charge in [0.1, 0.15) is 0 Å². The summed E-state index contributed by atoms with van der Waals surface area (Å²) in [6.07, 6.45) is 7.40. The smallest absolute Gasteiger partial charge is 0.0281 e. The summed E-state index contributed by atoms with van der Waals surface area (Å²) < 4.78 is 0. The molecule has 0 bridgehead atoms. The third-order valence-electron chi connectivity index (χ3n) is 3.39. The fourth-order valence-electron chi connectivity index (χ4n) is 2.46. The largest absolute Gasteiger partial charge is 0.292 e. The van der Waals surface area contributed by atoms with Gasteiger partial charge in [0, 0.05) is 18.1 Å². The number of likely N-dealkylation sites (tertiary alicyclic amines) is 1. The van der Waals surface area contributed by atoms with Crippen LogP contribution >= 0.6 is 0 Å². The van der Waals surface area contributed by atoms with Crippen molar-refractivity contribution in [3.8, 4) is 0 Å². The van der Waals surface area contributed by atoms with Crippen LogP contribution in [0.1, 0.15) is 46.5 Å². The van der Waals surface area contributed by atoms with Crippen molar-refractivity contribution in [2.24, 2.45) is 0 Å². The topological polar surface area (TPSA) is 3.24 Å². The maximum Gasteiger partial charge on any atom is 0.0281 e. The molecule has 0 aromatic carbocycles. The molecule has 1 heterocycles. The lowest BCUT2D eigenvalue weighted by atomic mass is 9.94. The number of hydrogen-bond acceptors (Lipinski definition) is 1. The van der Waals surface area contributed by atoms with E-state index in [0.29, 0.717) is 12.1 Å². The van der Waals surface area contributed by atoms with Crippen molar-refractivity contribution in [3.63, 3.8) is 0 Å². The van der Waals surface area contributed by atoms with Crippen LogP contribution in [0.25, 0.3) is 0 Å². The van der Waals surface area contributed by atoms with Crippen molar-refractivity contribution < 1.29 is 0 Å². The van der Waals surface area contributed by atoms with Crippen molar-refractivity contribution in [2.75, 3.05) is 0 Å². The van der Waals surface area contributed by atoms with Gasteiger partial charge in [0.25, 0.3) is 0 Å². The van der Waals surface area contributed by atoms with Gasteiger partial charge in [0.05, 0.1) is 0 Å². The Morgan fingerprint density at radius 3 is 2.77 bits per heavy atom. The molecule has 1 rings (SSSR count). The first-order valence-corrected chi connectivity index (χ1v) is 5.60. The van der Waals surface area contributed by atoms with Gasteiger partial charge in [-0.25, -0.2) is 0 Å². The van der Waals surface area contributed by atoms with Gasteiger partial charge in [-0.2, -0.15) is 0 Å². The Morgan fingerprint density at radius 1 is 1.54 bits per heavy atom. The second kappa shape index (κ2) is 4.80. The molecule has 13 heavy (non-hydrogen) atoms. The molecule has 76 valence electrons. The minimum Gasteiger partial charge on any atom is -0.292 e. The molecule has 0 aromatic rings. The van der Waals surface area contributed by atoms with Gasteiger partial charge < -0.3 is 0 Å². The maximum atomic E-state index is 3.94. The zero-order valence-corrected chi connectivity index (χ0v) is 9.29. The van der Waals surface area contributed by atoms with Crippen LogP contribution in [0.3, 0.4) is 0 Å². The molecule has 0 saturated carbocycles. The second-order valence-corrected chi connectivity index (χ2v) is 4.29. The Kier molecular flexibility index (Phi) is 3.98. The molecule has 1 nitrogen and oxygen atoms in total. The molecule has 1 aliphatic rings. The maximum absolute atomic E-state index is 3.94. The van der Waals surface area contributed by atoms with E-state index in [1.54, 1.807) is 0 Å². The van der Waals surface area contributed by atoms with E-state index in [0.717, 1.165) is 6.04 Å². The van der Waals surface area contributed by atoms with Crippen molar-refractivity contribution in [1.82, 2.24) is 4.90 Å². The highest BCUT2D eigenvalue weighted by atomic mass is 15.2. The molecule has 1 saturated heterocycles. The van der Waals surface area contributed by atoms with Crippen LogP contribution in [0.4, 0.5) is 0 Å². The fourth-order valence-corrected chi connectivity index (χ4v) is 2.46. The molecule has 1 fully saturated rings. The van der Waals surface area contributed by atoms with E-state index in [-0.39, 0.29) is 0 Å². The lowest BCUT2D eigenvalue weighted by molar-refractivity contribution is 0.0751. The van der Waals surface area contributed by atoms with Crippen LogP contribution in [0.5, 0.6) is 0 Å². The Hall–Kier alpha value is -0.300. The SMILES string of the molecule is C=C[C@@H]1CCC[C@H](C)N1C(C)CC. The first-order valence-electron chi connectivity index (χ1n) is 5.60. The predicted octanol–water partition coefficient (Wildman–Crippen LogP) is 3.21. The normalized spacial score (nSPS) is 32.8. The van der Waals surface area contributed by atoms with Crippen molar-refractivity contribution in [1.29, 1.82) is 0 Å². The summed E-state index contributed by atoms with van der Waals surface area (Å²) in [6.45, 7) is 10.9. The fraction of sp³-hybridized carbons (Fsp3) is 0.833. The minimum atomic E-state index is 0.624. The van der Waals surface area contributed by atoms with E-state index in [2.05, 4.69) is 38.3 Å². The monoisotopic (exact) mass is 181 g/mol. The Morgan fingerprint density at radius 2 is 2.23 bits per heavy atom. The number of piperidine rings is 1. The Bertz CT molecular complexity index is 161. The summed E-state index contributed by atoms with van der Waals surface area (Å²) in [5, 5.41) is 0. The summed E-state index contributed by atoms with van der Waals surface area (Å²) in [5.41, 5.74) is 0. The van der Waals surface area contributed by atoms with Gasteiger partial charge in [0.2, 0.25) is 0 Å². The van der Waals surface area contributed by atoms with Crippen molar-refractivity contribution in [2.45, 2.75) is 64.6 Å². The summed E-state index contributed by atoms with van der Waals surface area (Å²) in [6, 6.07) is 2.07. The first kappa shape index (κ1) is 10.8. The Labute approximate surface area is 82.8 Å². The number of hydrogen-bond donors (Lipinski definition) is 0. The van der Waals surface area contributed by atoms with Gasteiger partial charge >= 0.3 is 0 Å². The molecular weight excluding hydrogens is 158 g/mol. The van der Waals surface area contributed by atoms with E-state index in [1.165, 1.54) is 25.7 Å². The van der Waals surface area contributed by atoms with E-state index < -0.39 is 0 Å². The average Bonchev–Trinajstić information content (AvgIpc) is 2.16. The van der Waals surface area contributed by atoms with Gasteiger partial charge in [-0.05, 0) is 33.1 Å². The molecule has 0 amide bonds. The van der Waals surface area contributed by atoms with Crippen LogP contribution in [0, 0.1) is 0 Å². The molecule has 1 heteroatoms. The highest BCUT2D eigenvalue weighted by molar-refractivity contribution is 4.95. The molecular formula is C12H23N. The summed E-state index contributed by atoms with van der Waals surface area (Å²) in [4.78, 5) is 2.64. The van der Waals surface area contributed by atoms with Gasteiger partial charge in [-0.15, -0.1) is 6.58 Å². The van der Waals surface area contributed by atoms with E-state index in [4.69, 9.17) is 0 Å². The highest BCUT2D eigenvalue weighted by Crippen LogP contribution is 2.26. The van der Waals surface area contributed by atoms with E-state index >= 15 is 0 Å². The van der Waals surface area contributed by atoms with E-state index in [9.17, 15) is 0 Å². The van der Waals surface area contributed by atoms with Gasteiger partial charge in [-0.3, -0.25) is 4.90 Å². The second-order valence-electron chi connectivity index (χ2n) is 4.29. The number of rotatable bonds is 3. The quantitative estimate of drug-likeness (QED) is 0.604. The van der Waals surface area contributed by atoms with E-state index in [1.807, 2.05) is 0 Å². The van der Waals surface area contributed by atoms with Crippen LogP contribution in [0.15, 0.2) is 12.7 Å². The third kappa shape index (κ3) is 2.34. The minimum absolute atomic E-state index is 0.624. The molecule has 0 spiro atoms. The third-order valence-corrected chi connectivity index (χ3v) is 3.39. The standard InChI is InChI=1S/C12H23N/c1-5-10(3)13-11(4)8-7-9-12(13)6-2/h6,10-12H,2,5,7-9H2,1,3-4H3/t10?,11-,12+/m0/s1. The molecule has 3 atom stereocenters. The molecule has 1 unspecified atom stereocenters. The Balaban J connectivity index is 2.66. The van der Waals surface area contributed by atoms with Gasteiger partial charge in [-0.1, -0.05) is 19.4 Å². The van der Waals surface area contributed by atoms with Crippen LogP contribution in [-0.4, -0.2) is 23.0 Å². The summed E-state index contributed by atoms with van der Waals surface area (Å²) in [7, 11) is 0. The van der Waals surface area contributed by atoms with Gasteiger partial charge in [0.15, 0.2) is 0 Å². The highest BCUT2D eigenvalue weighted by Gasteiger charge is 2.28.